The van der Waals surface area contributed by atoms with E-state index in [2.05, 4.69) is 15.3 Å². The minimum absolute atomic E-state index is 0.194. The lowest BCUT2D eigenvalue weighted by Gasteiger charge is -2.18. The molecule has 0 saturated carbocycles. The average molecular weight is 294 g/mol. The second kappa shape index (κ2) is 5.37. The summed E-state index contributed by atoms with van der Waals surface area (Å²) in [6, 6.07) is 6.46. The van der Waals surface area contributed by atoms with E-state index < -0.39 is 0 Å². The van der Waals surface area contributed by atoms with Crippen molar-refractivity contribution in [2.24, 2.45) is 0 Å². The van der Waals surface area contributed by atoms with Gasteiger partial charge in [-0.15, -0.1) is 0 Å². The van der Waals surface area contributed by atoms with Gasteiger partial charge in [0.15, 0.2) is 0 Å². The van der Waals surface area contributed by atoms with Gasteiger partial charge in [-0.05, 0) is 30.7 Å². The summed E-state index contributed by atoms with van der Waals surface area (Å²) in [5.74, 6) is 1.03. The van der Waals surface area contributed by atoms with Gasteiger partial charge in [-0.1, -0.05) is 32.4 Å². The van der Waals surface area contributed by atoms with Crippen LogP contribution in [-0.2, 0) is 5.41 Å². The van der Waals surface area contributed by atoms with Crippen LogP contribution in [0, 0.1) is 12.7 Å². The highest BCUT2D eigenvalue weighted by atomic mass is 35.5. The highest BCUT2D eigenvalue weighted by Crippen LogP contribution is 2.24. The number of rotatable bonds is 2. The van der Waals surface area contributed by atoms with E-state index in [0.29, 0.717) is 22.4 Å². The summed E-state index contributed by atoms with van der Waals surface area (Å²) in [5, 5.41) is 3.50. The van der Waals surface area contributed by atoms with E-state index in [9.17, 15) is 4.39 Å². The summed E-state index contributed by atoms with van der Waals surface area (Å²) in [5.41, 5.74) is 1.14. The summed E-state index contributed by atoms with van der Waals surface area (Å²) in [4.78, 5) is 8.68. The van der Waals surface area contributed by atoms with Crippen LogP contribution in [0.25, 0.3) is 0 Å². The van der Waals surface area contributed by atoms with Crippen LogP contribution in [0.1, 0.15) is 32.2 Å². The van der Waals surface area contributed by atoms with E-state index in [1.54, 1.807) is 25.1 Å². The molecule has 20 heavy (non-hydrogen) atoms. The second-order valence-corrected chi connectivity index (χ2v) is 6.13. The smallest absolute Gasteiger partial charge is 0.137 e. The zero-order chi connectivity index (χ0) is 14.9. The van der Waals surface area contributed by atoms with Crippen LogP contribution in [-0.4, -0.2) is 9.97 Å². The molecular formula is C15H17ClFN3. The predicted octanol–water partition coefficient (Wildman–Crippen LogP) is 4.62. The molecule has 1 heterocycles. The van der Waals surface area contributed by atoms with Gasteiger partial charge in [0.05, 0.1) is 0 Å². The van der Waals surface area contributed by atoms with Gasteiger partial charge in [-0.2, -0.15) is 0 Å². The third kappa shape index (κ3) is 3.45. The molecule has 0 fully saturated rings. The molecule has 0 bridgehead atoms. The quantitative estimate of drug-likeness (QED) is 0.821. The maximum Gasteiger partial charge on any atom is 0.137 e. The maximum atomic E-state index is 13.2. The van der Waals surface area contributed by atoms with Gasteiger partial charge in [0, 0.05) is 17.2 Å². The fraction of sp³-hybridized carbons (Fsp3) is 0.333. The zero-order valence-corrected chi connectivity index (χ0v) is 12.7. The minimum Gasteiger partial charge on any atom is -0.340 e. The fourth-order valence-corrected chi connectivity index (χ4v) is 1.87. The molecule has 5 heteroatoms. The molecule has 0 atom stereocenters. The zero-order valence-electron chi connectivity index (χ0n) is 12.0. The molecule has 0 saturated heterocycles. The average Bonchev–Trinajstić information content (AvgIpc) is 2.32. The molecule has 0 aliphatic rings. The third-order valence-electron chi connectivity index (χ3n) is 2.80. The van der Waals surface area contributed by atoms with E-state index in [4.69, 9.17) is 11.6 Å². The Balaban J connectivity index is 2.33. The van der Waals surface area contributed by atoms with Crippen LogP contribution in [0.4, 0.5) is 15.9 Å². The van der Waals surface area contributed by atoms with Crippen molar-refractivity contribution in [3.63, 3.8) is 0 Å². The number of aryl methyl sites for hydroxylation is 1. The van der Waals surface area contributed by atoms with E-state index >= 15 is 0 Å². The monoisotopic (exact) mass is 293 g/mol. The Morgan fingerprint density at radius 3 is 2.45 bits per heavy atom. The predicted molar refractivity (Wildman–Crippen MR) is 80.2 cm³/mol. The van der Waals surface area contributed by atoms with E-state index in [0.717, 1.165) is 5.69 Å². The summed E-state index contributed by atoms with van der Waals surface area (Å²) in [6.45, 7) is 7.77. The Kier molecular flexibility index (Phi) is 3.95. The lowest BCUT2D eigenvalue weighted by atomic mass is 9.96. The number of hydrogen-bond donors (Lipinski definition) is 1. The van der Waals surface area contributed by atoms with Crippen LogP contribution in [0.5, 0.6) is 0 Å². The first-order chi connectivity index (χ1) is 9.25. The van der Waals surface area contributed by atoms with Crippen molar-refractivity contribution >= 4 is 23.1 Å². The largest absolute Gasteiger partial charge is 0.340 e. The molecule has 1 N–H and O–H groups in total. The molecule has 2 aromatic rings. The summed E-state index contributed by atoms with van der Waals surface area (Å²) >= 11 is 6.03. The Morgan fingerprint density at radius 1 is 1.15 bits per heavy atom. The lowest BCUT2D eigenvalue weighted by molar-refractivity contribution is 0.546. The molecule has 0 unspecified atom stereocenters. The number of anilines is 2. The molecule has 2 rings (SSSR count). The van der Waals surface area contributed by atoms with Crippen molar-refractivity contribution in [1.29, 1.82) is 0 Å². The summed E-state index contributed by atoms with van der Waals surface area (Å²) in [6.07, 6.45) is 0. The van der Waals surface area contributed by atoms with Gasteiger partial charge in [-0.25, -0.2) is 14.4 Å². The molecule has 106 valence electrons. The van der Waals surface area contributed by atoms with E-state index in [-0.39, 0.29) is 11.2 Å². The fourth-order valence-electron chi connectivity index (χ4n) is 1.69. The van der Waals surface area contributed by atoms with Gasteiger partial charge in [-0.3, -0.25) is 0 Å². The minimum atomic E-state index is -0.230. The summed E-state index contributed by atoms with van der Waals surface area (Å²) in [7, 11) is 0. The van der Waals surface area contributed by atoms with Gasteiger partial charge < -0.3 is 5.32 Å². The number of aromatic nitrogens is 2. The van der Waals surface area contributed by atoms with Gasteiger partial charge in [0.25, 0.3) is 0 Å². The maximum absolute atomic E-state index is 13.2. The first-order valence-electron chi connectivity index (χ1n) is 6.34. The normalized spacial score (nSPS) is 11.5. The van der Waals surface area contributed by atoms with Crippen molar-refractivity contribution in [3.05, 3.63) is 46.6 Å². The Bertz CT molecular complexity index is 636. The van der Waals surface area contributed by atoms with Crippen molar-refractivity contribution in [3.8, 4) is 0 Å². The van der Waals surface area contributed by atoms with Crippen molar-refractivity contribution in [1.82, 2.24) is 9.97 Å². The molecule has 3 nitrogen and oxygen atoms in total. The van der Waals surface area contributed by atoms with Crippen LogP contribution in [0.2, 0.25) is 5.15 Å². The van der Waals surface area contributed by atoms with E-state index in [1.165, 1.54) is 6.07 Å². The topological polar surface area (TPSA) is 37.8 Å². The number of hydrogen-bond acceptors (Lipinski definition) is 3. The van der Waals surface area contributed by atoms with Gasteiger partial charge in [0.2, 0.25) is 0 Å². The highest BCUT2D eigenvalue weighted by molar-refractivity contribution is 6.29. The van der Waals surface area contributed by atoms with Crippen LogP contribution in [0.3, 0.4) is 0 Å². The van der Waals surface area contributed by atoms with Crippen LogP contribution < -0.4 is 5.32 Å². The van der Waals surface area contributed by atoms with Crippen molar-refractivity contribution in [2.45, 2.75) is 33.1 Å². The van der Waals surface area contributed by atoms with E-state index in [1.807, 2.05) is 20.8 Å². The second-order valence-electron chi connectivity index (χ2n) is 5.74. The molecule has 0 aliphatic carbocycles. The molecule has 1 aromatic carbocycles. The standard InChI is InChI=1S/C15H17ClFN3/c1-9-7-10(5-6-11(9)17)18-13-8-12(16)19-14(20-13)15(2,3)4/h5-8H,1-4H3,(H,18,19,20). The lowest BCUT2D eigenvalue weighted by Crippen LogP contribution is -2.16. The number of nitrogens with zero attached hydrogens (tertiary/aromatic N) is 2. The third-order valence-corrected chi connectivity index (χ3v) is 2.99. The molecule has 0 amide bonds. The van der Waals surface area contributed by atoms with Crippen molar-refractivity contribution < 1.29 is 4.39 Å². The molecule has 0 aliphatic heterocycles. The SMILES string of the molecule is Cc1cc(Nc2cc(Cl)nc(C(C)(C)C)n2)ccc1F. The van der Waals surface area contributed by atoms with Gasteiger partial charge in [0.1, 0.15) is 22.6 Å². The first kappa shape index (κ1) is 14.7. The molecule has 1 aromatic heterocycles. The Labute approximate surface area is 123 Å². The Morgan fingerprint density at radius 2 is 1.85 bits per heavy atom. The molecular weight excluding hydrogens is 277 g/mol. The highest BCUT2D eigenvalue weighted by Gasteiger charge is 2.18. The number of benzene rings is 1. The number of halogens is 2. The number of nitrogens with one attached hydrogen (secondary N) is 1. The first-order valence-corrected chi connectivity index (χ1v) is 6.72. The van der Waals surface area contributed by atoms with Crippen LogP contribution >= 0.6 is 11.6 Å². The molecule has 0 radical (unpaired) electrons. The van der Waals surface area contributed by atoms with Gasteiger partial charge >= 0.3 is 0 Å². The molecule has 0 spiro atoms. The van der Waals surface area contributed by atoms with Crippen LogP contribution in [0.15, 0.2) is 24.3 Å². The Hall–Kier alpha value is -1.68. The summed E-state index contributed by atoms with van der Waals surface area (Å²) < 4.78 is 13.2. The van der Waals surface area contributed by atoms with Crippen molar-refractivity contribution in [2.75, 3.05) is 5.32 Å².